The van der Waals surface area contributed by atoms with Gasteiger partial charge in [0.05, 0.1) is 11.0 Å². The van der Waals surface area contributed by atoms with Gasteiger partial charge in [0, 0.05) is 29.8 Å². The summed E-state index contributed by atoms with van der Waals surface area (Å²) in [6, 6.07) is 12.4. The van der Waals surface area contributed by atoms with E-state index in [0.717, 1.165) is 27.9 Å². The molecule has 0 saturated heterocycles. The number of rotatable bonds is 3. The molecule has 0 aliphatic heterocycles. The molecule has 0 fully saturated rings. The molecule has 0 aliphatic rings. The van der Waals surface area contributed by atoms with Gasteiger partial charge in [-0.3, -0.25) is 0 Å². The number of hydrogen-bond acceptors (Lipinski definition) is 2. The lowest BCUT2D eigenvalue weighted by Crippen LogP contribution is -2.08. The number of H-pyrrole nitrogens is 2. The molecule has 4 aromatic rings. The van der Waals surface area contributed by atoms with Crippen molar-refractivity contribution in [3.05, 3.63) is 65.1 Å². The van der Waals surface area contributed by atoms with Crippen molar-refractivity contribution in [3.8, 4) is 0 Å². The van der Waals surface area contributed by atoms with Crippen LogP contribution in [-0.2, 0) is 4.74 Å². The van der Waals surface area contributed by atoms with Crippen molar-refractivity contribution < 1.29 is 4.74 Å². The molecule has 0 radical (unpaired) electrons. The van der Waals surface area contributed by atoms with Gasteiger partial charge in [0.1, 0.15) is 11.9 Å². The highest BCUT2D eigenvalue weighted by Crippen LogP contribution is 2.34. The van der Waals surface area contributed by atoms with Crippen LogP contribution in [0, 0.1) is 13.8 Å². The standard InChI is InChI=1S/C19H19N3O/c1-11-10-12(2)17-13(8-9-20-17)16(11)18(23-3)19-21-14-6-4-5-7-15(14)22-19/h4-10,18,20H,1-3H3,(H,21,22). The zero-order valence-corrected chi connectivity index (χ0v) is 13.5. The molecule has 1 unspecified atom stereocenters. The molecule has 116 valence electrons. The van der Waals surface area contributed by atoms with Crippen LogP contribution in [0.4, 0.5) is 0 Å². The Hall–Kier alpha value is -2.59. The van der Waals surface area contributed by atoms with Crippen molar-refractivity contribution in [3.63, 3.8) is 0 Å². The number of nitrogens with one attached hydrogen (secondary N) is 2. The Balaban J connectivity index is 1.95. The fourth-order valence-corrected chi connectivity index (χ4v) is 3.42. The number of aromatic nitrogens is 3. The first-order valence-electron chi connectivity index (χ1n) is 7.73. The van der Waals surface area contributed by atoms with Gasteiger partial charge in [0.2, 0.25) is 0 Å². The zero-order chi connectivity index (χ0) is 16.0. The van der Waals surface area contributed by atoms with E-state index in [9.17, 15) is 0 Å². The highest BCUT2D eigenvalue weighted by molar-refractivity contribution is 5.88. The SMILES string of the molecule is COC(c1nc2ccccc2[nH]1)c1c(C)cc(C)c2[nH]ccc12. The predicted molar refractivity (Wildman–Crippen MR) is 92.7 cm³/mol. The van der Waals surface area contributed by atoms with E-state index >= 15 is 0 Å². The minimum atomic E-state index is -0.221. The van der Waals surface area contributed by atoms with Crippen LogP contribution in [0.5, 0.6) is 0 Å². The molecule has 2 heterocycles. The van der Waals surface area contributed by atoms with Crippen molar-refractivity contribution >= 4 is 21.9 Å². The molecule has 0 saturated carbocycles. The maximum Gasteiger partial charge on any atom is 0.141 e. The van der Waals surface area contributed by atoms with Gasteiger partial charge < -0.3 is 14.7 Å². The van der Waals surface area contributed by atoms with Crippen LogP contribution < -0.4 is 0 Å². The summed E-state index contributed by atoms with van der Waals surface area (Å²) >= 11 is 0. The van der Waals surface area contributed by atoms with Gasteiger partial charge in [-0.1, -0.05) is 18.2 Å². The molecule has 0 aliphatic carbocycles. The van der Waals surface area contributed by atoms with Crippen LogP contribution in [0.3, 0.4) is 0 Å². The largest absolute Gasteiger partial charge is 0.369 e. The van der Waals surface area contributed by atoms with Crippen LogP contribution in [0.15, 0.2) is 42.6 Å². The number of imidazole rings is 1. The molecule has 4 heteroatoms. The lowest BCUT2D eigenvalue weighted by Gasteiger charge is -2.18. The van der Waals surface area contributed by atoms with E-state index in [2.05, 4.69) is 35.9 Å². The van der Waals surface area contributed by atoms with E-state index in [-0.39, 0.29) is 6.10 Å². The topological polar surface area (TPSA) is 53.7 Å². The third kappa shape index (κ3) is 2.14. The van der Waals surface area contributed by atoms with Crippen LogP contribution in [0.25, 0.3) is 21.9 Å². The van der Waals surface area contributed by atoms with E-state index in [1.165, 1.54) is 16.5 Å². The molecule has 0 amide bonds. The Labute approximate surface area is 134 Å². The summed E-state index contributed by atoms with van der Waals surface area (Å²) in [6.45, 7) is 4.25. The van der Waals surface area contributed by atoms with Crippen molar-refractivity contribution in [1.29, 1.82) is 0 Å². The summed E-state index contributed by atoms with van der Waals surface area (Å²) in [4.78, 5) is 11.4. The Bertz CT molecular complexity index is 963. The monoisotopic (exact) mass is 305 g/mol. The van der Waals surface area contributed by atoms with E-state index < -0.39 is 0 Å². The molecule has 1 atom stereocenters. The second-order valence-electron chi connectivity index (χ2n) is 5.95. The van der Waals surface area contributed by atoms with E-state index in [0.29, 0.717) is 0 Å². The van der Waals surface area contributed by atoms with E-state index in [1.807, 2.05) is 30.5 Å². The minimum absolute atomic E-state index is 0.221. The average molecular weight is 305 g/mol. The number of nitrogens with zero attached hydrogens (tertiary/aromatic N) is 1. The van der Waals surface area contributed by atoms with Crippen molar-refractivity contribution in [2.24, 2.45) is 0 Å². The molecular formula is C19H19N3O. The fraction of sp³-hybridized carbons (Fsp3) is 0.211. The molecule has 4 rings (SSSR count). The van der Waals surface area contributed by atoms with Crippen molar-refractivity contribution in [2.45, 2.75) is 20.0 Å². The van der Waals surface area contributed by atoms with Gasteiger partial charge in [-0.05, 0) is 43.2 Å². The van der Waals surface area contributed by atoms with Gasteiger partial charge >= 0.3 is 0 Å². The lowest BCUT2D eigenvalue weighted by atomic mass is 9.96. The van der Waals surface area contributed by atoms with E-state index in [1.54, 1.807) is 7.11 Å². The number of benzene rings is 2. The maximum absolute atomic E-state index is 5.84. The van der Waals surface area contributed by atoms with Gasteiger partial charge in [0.25, 0.3) is 0 Å². The quantitative estimate of drug-likeness (QED) is 0.589. The second-order valence-corrected chi connectivity index (χ2v) is 5.95. The molecule has 0 spiro atoms. The number of fused-ring (bicyclic) bond motifs is 2. The highest BCUT2D eigenvalue weighted by Gasteiger charge is 2.23. The minimum Gasteiger partial charge on any atom is -0.369 e. The third-order valence-electron chi connectivity index (χ3n) is 4.44. The summed E-state index contributed by atoms with van der Waals surface area (Å²) in [5.74, 6) is 0.836. The van der Waals surface area contributed by atoms with Crippen LogP contribution in [0.2, 0.25) is 0 Å². The lowest BCUT2D eigenvalue weighted by molar-refractivity contribution is 0.130. The fourth-order valence-electron chi connectivity index (χ4n) is 3.42. The molecule has 2 aromatic heterocycles. The first-order valence-corrected chi connectivity index (χ1v) is 7.73. The van der Waals surface area contributed by atoms with Crippen LogP contribution in [0.1, 0.15) is 28.6 Å². The smallest absolute Gasteiger partial charge is 0.141 e. The molecule has 0 bridgehead atoms. The number of methoxy groups -OCH3 is 1. The van der Waals surface area contributed by atoms with Crippen LogP contribution in [-0.4, -0.2) is 22.1 Å². The highest BCUT2D eigenvalue weighted by atomic mass is 16.5. The third-order valence-corrected chi connectivity index (χ3v) is 4.44. The summed E-state index contributed by atoms with van der Waals surface area (Å²) in [6.07, 6.45) is 1.76. The predicted octanol–water partition coefficient (Wildman–Crippen LogP) is 4.40. The number of aryl methyl sites for hydroxylation is 2. The average Bonchev–Trinajstić information content (AvgIpc) is 3.17. The summed E-state index contributed by atoms with van der Waals surface area (Å²) in [7, 11) is 1.73. The Morgan fingerprint density at radius 1 is 1.09 bits per heavy atom. The molecule has 2 N–H and O–H groups in total. The molecule has 23 heavy (non-hydrogen) atoms. The maximum atomic E-state index is 5.84. The molecular weight excluding hydrogens is 286 g/mol. The van der Waals surface area contributed by atoms with Gasteiger partial charge in [-0.2, -0.15) is 0 Å². The molecule has 4 nitrogen and oxygen atoms in total. The number of hydrogen-bond donors (Lipinski definition) is 2. The number of aromatic amines is 2. The van der Waals surface area contributed by atoms with Crippen LogP contribution >= 0.6 is 0 Å². The van der Waals surface area contributed by atoms with Gasteiger partial charge in [-0.15, -0.1) is 0 Å². The molecule has 2 aromatic carbocycles. The first kappa shape index (κ1) is 14.0. The van der Waals surface area contributed by atoms with Gasteiger partial charge in [0.15, 0.2) is 0 Å². The van der Waals surface area contributed by atoms with E-state index in [4.69, 9.17) is 9.72 Å². The number of para-hydroxylation sites is 2. The number of ether oxygens (including phenoxy) is 1. The Morgan fingerprint density at radius 3 is 2.70 bits per heavy atom. The zero-order valence-electron chi connectivity index (χ0n) is 13.5. The van der Waals surface area contributed by atoms with Crippen molar-refractivity contribution in [1.82, 2.24) is 15.0 Å². The Kier molecular flexibility index (Phi) is 3.20. The summed E-state index contributed by atoms with van der Waals surface area (Å²) in [5, 5.41) is 1.19. The summed E-state index contributed by atoms with van der Waals surface area (Å²) < 4.78 is 5.84. The summed E-state index contributed by atoms with van der Waals surface area (Å²) in [5.41, 5.74) is 6.75. The first-order chi connectivity index (χ1) is 11.2. The Morgan fingerprint density at radius 2 is 1.91 bits per heavy atom. The second kappa shape index (κ2) is 5.25. The van der Waals surface area contributed by atoms with Gasteiger partial charge in [-0.25, -0.2) is 4.98 Å². The normalized spacial score (nSPS) is 13.0. The van der Waals surface area contributed by atoms with Crippen molar-refractivity contribution in [2.75, 3.05) is 7.11 Å².